The largest absolute Gasteiger partial charge is 0.493 e. The summed E-state index contributed by atoms with van der Waals surface area (Å²) < 4.78 is 30.5. The zero-order valence-corrected chi connectivity index (χ0v) is 17.4. The third-order valence-electron chi connectivity index (χ3n) is 6.17. The molecule has 31 heavy (non-hydrogen) atoms. The molecule has 0 radical (unpaired) electrons. The molecule has 2 heterocycles. The van der Waals surface area contributed by atoms with E-state index >= 15 is 0 Å². The maximum atomic E-state index is 13.5. The molecule has 5 heteroatoms. The second-order valence-corrected chi connectivity index (χ2v) is 8.25. The molecule has 2 aliphatic rings. The fourth-order valence-electron chi connectivity index (χ4n) is 4.58. The molecule has 0 unspecified atom stereocenters. The van der Waals surface area contributed by atoms with E-state index in [2.05, 4.69) is 29.2 Å². The summed E-state index contributed by atoms with van der Waals surface area (Å²) >= 11 is 0. The van der Waals surface area contributed by atoms with Crippen LogP contribution in [0.3, 0.4) is 0 Å². The number of hydrogen-bond donors (Lipinski definition) is 0. The Kier molecular flexibility index (Phi) is 5.76. The highest BCUT2D eigenvalue weighted by atomic mass is 19.1. The van der Waals surface area contributed by atoms with E-state index in [0.717, 1.165) is 43.3 Å². The van der Waals surface area contributed by atoms with Crippen molar-refractivity contribution >= 4 is 0 Å². The van der Waals surface area contributed by atoms with Gasteiger partial charge in [0.1, 0.15) is 11.6 Å². The fraction of sp³-hybridized carbons (Fsp3) is 0.308. The van der Waals surface area contributed by atoms with E-state index in [4.69, 9.17) is 14.2 Å². The molecule has 160 valence electrons. The SMILES string of the molecule is Fc1ccc([C@H]2CCN(Cc3ccccc3)C[C@@H]2COc2ccc3c(c2)OCO3)cc1. The van der Waals surface area contributed by atoms with Crippen molar-refractivity contribution in [3.8, 4) is 17.2 Å². The zero-order valence-electron chi connectivity index (χ0n) is 17.4. The zero-order chi connectivity index (χ0) is 21.0. The van der Waals surface area contributed by atoms with E-state index in [1.165, 1.54) is 11.1 Å². The van der Waals surface area contributed by atoms with E-state index in [1.54, 1.807) is 12.1 Å². The van der Waals surface area contributed by atoms with Crippen LogP contribution >= 0.6 is 0 Å². The normalized spacial score (nSPS) is 20.5. The van der Waals surface area contributed by atoms with Gasteiger partial charge in [0, 0.05) is 25.1 Å². The van der Waals surface area contributed by atoms with Crippen molar-refractivity contribution < 1.29 is 18.6 Å². The number of benzene rings is 3. The fourth-order valence-corrected chi connectivity index (χ4v) is 4.58. The molecular weight excluding hydrogens is 393 g/mol. The minimum atomic E-state index is -0.196. The van der Waals surface area contributed by atoms with E-state index in [9.17, 15) is 4.39 Å². The molecule has 0 aromatic heterocycles. The van der Waals surface area contributed by atoms with Gasteiger partial charge in [0.15, 0.2) is 11.5 Å². The van der Waals surface area contributed by atoms with Crippen LogP contribution in [0.1, 0.15) is 23.5 Å². The lowest BCUT2D eigenvalue weighted by molar-refractivity contribution is 0.106. The highest BCUT2D eigenvalue weighted by Gasteiger charge is 2.31. The van der Waals surface area contributed by atoms with Crippen molar-refractivity contribution in [2.24, 2.45) is 5.92 Å². The smallest absolute Gasteiger partial charge is 0.231 e. The maximum Gasteiger partial charge on any atom is 0.231 e. The Morgan fingerprint density at radius 3 is 2.58 bits per heavy atom. The summed E-state index contributed by atoms with van der Waals surface area (Å²) in [5.74, 6) is 2.70. The monoisotopic (exact) mass is 419 g/mol. The molecule has 0 spiro atoms. The highest BCUT2D eigenvalue weighted by molar-refractivity contribution is 5.46. The Bertz CT molecular complexity index is 1010. The molecule has 2 atom stereocenters. The Balaban J connectivity index is 1.31. The van der Waals surface area contributed by atoms with Gasteiger partial charge in [0.05, 0.1) is 6.61 Å². The maximum absolute atomic E-state index is 13.5. The third kappa shape index (κ3) is 4.67. The van der Waals surface area contributed by atoms with Crippen molar-refractivity contribution in [2.45, 2.75) is 18.9 Å². The second-order valence-electron chi connectivity index (χ2n) is 8.25. The Hall–Kier alpha value is -3.05. The predicted octanol–water partition coefficient (Wildman–Crippen LogP) is 5.24. The first-order valence-electron chi connectivity index (χ1n) is 10.8. The van der Waals surface area contributed by atoms with Gasteiger partial charge in [-0.25, -0.2) is 4.39 Å². The van der Waals surface area contributed by atoms with E-state index in [-0.39, 0.29) is 12.6 Å². The lowest BCUT2D eigenvalue weighted by Crippen LogP contribution is -2.41. The Morgan fingerprint density at radius 2 is 1.74 bits per heavy atom. The van der Waals surface area contributed by atoms with E-state index in [1.807, 2.05) is 36.4 Å². The van der Waals surface area contributed by atoms with Gasteiger partial charge in [0.2, 0.25) is 6.79 Å². The molecule has 4 nitrogen and oxygen atoms in total. The molecule has 0 N–H and O–H groups in total. The number of nitrogens with zero attached hydrogens (tertiary/aromatic N) is 1. The molecule has 1 fully saturated rings. The molecular formula is C26H26FNO3. The van der Waals surface area contributed by atoms with Crippen molar-refractivity contribution in [3.63, 3.8) is 0 Å². The van der Waals surface area contributed by atoms with Gasteiger partial charge in [0.25, 0.3) is 0 Å². The minimum absolute atomic E-state index is 0.196. The number of fused-ring (bicyclic) bond motifs is 1. The lowest BCUT2D eigenvalue weighted by atomic mass is 9.80. The average Bonchev–Trinajstić information content (AvgIpc) is 3.27. The number of ether oxygens (including phenoxy) is 3. The molecule has 1 saturated heterocycles. The van der Waals surface area contributed by atoms with Crippen molar-refractivity contribution in [1.82, 2.24) is 4.90 Å². The van der Waals surface area contributed by atoms with Crippen LogP contribution in [-0.4, -0.2) is 31.4 Å². The number of halogens is 1. The van der Waals surface area contributed by atoms with Crippen LogP contribution in [0.4, 0.5) is 4.39 Å². The van der Waals surface area contributed by atoms with Crippen molar-refractivity contribution in [3.05, 3.63) is 89.7 Å². The topological polar surface area (TPSA) is 30.9 Å². The lowest BCUT2D eigenvalue weighted by Gasteiger charge is -2.39. The number of likely N-dealkylation sites (tertiary alicyclic amines) is 1. The van der Waals surface area contributed by atoms with Crippen LogP contribution in [0, 0.1) is 11.7 Å². The summed E-state index contributed by atoms with van der Waals surface area (Å²) in [4.78, 5) is 2.49. The molecule has 3 aromatic carbocycles. The van der Waals surface area contributed by atoms with Crippen LogP contribution in [0.25, 0.3) is 0 Å². The summed E-state index contributed by atoms with van der Waals surface area (Å²) in [6.45, 7) is 3.71. The molecule has 0 saturated carbocycles. The van der Waals surface area contributed by atoms with Gasteiger partial charge in [-0.15, -0.1) is 0 Å². The molecule has 3 aromatic rings. The summed E-state index contributed by atoms with van der Waals surface area (Å²) in [7, 11) is 0. The summed E-state index contributed by atoms with van der Waals surface area (Å²) in [6, 6.07) is 23.2. The molecule has 0 amide bonds. The van der Waals surface area contributed by atoms with Crippen LogP contribution in [0.5, 0.6) is 17.2 Å². The highest BCUT2D eigenvalue weighted by Crippen LogP contribution is 2.37. The minimum Gasteiger partial charge on any atom is -0.493 e. The Morgan fingerprint density at radius 1 is 0.935 bits per heavy atom. The third-order valence-corrected chi connectivity index (χ3v) is 6.17. The van der Waals surface area contributed by atoms with Crippen molar-refractivity contribution in [2.75, 3.05) is 26.5 Å². The van der Waals surface area contributed by atoms with E-state index < -0.39 is 0 Å². The molecule has 2 aliphatic heterocycles. The van der Waals surface area contributed by atoms with Gasteiger partial charge in [-0.2, -0.15) is 0 Å². The first-order valence-corrected chi connectivity index (χ1v) is 10.8. The number of rotatable bonds is 6. The standard InChI is InChI=1S/C26H26FNO3/c27-22-8-6-20(7-9-22)24-12-13-28(15-19-4-2-1-3-5-19)16-21(24)17-29-23-10-11-25-26(14-23)31-18-30-25/h1-11,14,21,24H,12-13,15-18H2/t21-,24-/m1/s1. The quantitative estimate of drug-likeness (QED) is 0.547. The first kappa shape index (κ1) is 19.9. The van der Waals surface area contributed by atoms with Gasteiger partial charge >= 0.3 is 0 Å². The molecule has 5 rings (SSSR count). The van der Waals surface area contributed by atoms with Crippen molar-refractivity contribution in [1.29, 1.82) is 0 Å². The summed E-state index contributed by atoms with van der Waals surface area (Å²) in [5, 5.41) is 0. The molecule has 0 bridgehead atoms. The van der Waals surface area contributed by atoms with Crippen LogP contribution in [-0.2, 0) is 6.54 Å². The van der Waals surface area contributed by atoms with Gasteiger partial charge < -0.3 is 14.2 Å². The van der Waals surface area contributed by atoms with Crippen LogP contribution in [0.2, 0.25) is 0 Å². The number of piperidine rings is 1. The summed E-state index contributed by atoms with van der Waals surface area (Å²) in [5.41, 5.74) is 2.50. The first-order chi connectivity index (χ1) is 15.2. The second kappa shape index (κ2) is 8.98. The van der Waals surface area contributed by atoms with Crippen LogP contribution < -0.4 is 14.2 Å². The van der Waals surface area contributed by atoms with E-state index in [0.29, 0.717) is 18.4 Å². The van der Waals surface area contributed by atoms with Crippen LogP contribution in [0.15, 0.2) is 72.8 Å². The number of hydrogen-bond acceptors (Lipinski definition) is 4. The Labute approximate surface area is 182 Å². The van der Waals surface area contributed by atoms with Gasteiger partial charge in [-0.3, -0.25) is 4.90 Å². The van der Waals surface area contributed by atoms with Gasteiger partial charge in [-0.05, 0) is 54.3 Å². The average molecular weight is 419 g/mol. The predicted molar refractivity (Wildman–Crippen MR) is 117 cm³/mol. The van der Waals surface area contributed by atoms with Gasteiger partial charge in [-0.1, -0.05) is 42.5 Å². The molecule has 0 aliphatic carbocycles. The summed E-state index contributed by atoms with van der Waals surface area (Å²) in [6.07, 6.45) is 1.02.